The van der Waals surface area contributed by atoms with Crippen molar-refractivity contribution in [2.75, 3.05) is 21.3 Å². The molecule has 3 aromatic rings. The summed E-state index contributed by atoms with van der Waals surface area (Å²) >= 11 is 6.40. The summed E-state index contributed by atoms with van der Waals surface area (Å²) in [6.07, 6.45) is 0. The van der Waals surface area contributed by atoms with E-state index in [4.69, 9.17) is 30.5 Å². The Morgan fingerprint density at radius 3 is 2.10 bits per heavy atom. The first-order valence-corrected chi connectivity index (χ1v) is 9.97. The molecule has 1 N–H and O–H groups in total. The standard InChI is InChI=1S/C24H26ClNO4/c1-27-21-11-7-10-18(24(21)30-16-17-8-5-4-6-9-17)14-26-15-19-12-22(28-2)23(29-3)13-20(19)25/h4-13,26H,14-16H2,1-3H3. The summed E-state index contributed by atoms with van der Waals surface area (Å²) in [5.41, 5.74) is 3.02. The number of nitrogens with one attached hydrogen (secondary N) is 1. The first kappa shape index (κ1) is 21.8. The Labute approximate surface area is 182 Å². The van der Waals surface area contributed by atoms with Crippen LogP contribution in [0.1, 0.15) is 16.7 Å². The van der Waals surface area contributed by atoms with Gasteiger partial charge in [-0.05, 0) is 23.3 Å². The van der Waals surface area contributed by atoms with Gasteiger partial charge in [-0.2, -0.15) is 0 Å². The van der Waals surface area contributed by atoms with E-state index in [1.807, 2.05) is 54.6 Å². The van der Waals surface area contributed by atoms with Crippen molar-refractivity contribution in [3.8, 4) is 23.0 Å². The Morgan fingerprint density at radius 1 is 0.733 bits per heavy atom. The number of benzene rings is 3. The van der Waals surface area contributed by atoms with Gasteiger partial charge in [-0.1, -0.05) is 54.1 Å². The highest BCUT2D eigenvalue weighted by Crippen LogP contribution is 2.34. The third kappa shape index (κ3) is 5.38. The zero-order valence-electron chi connectivity index (χ0n) is 17.4. The SMILES string of the molecule is COc1cc(Cl)c(CNCc2cccc(OC)c2OCc2ccccc2)cc1OC. The summed E-state index contributed by atoms with van der Waals surface area (Å²) in [7, 11) is 4.84. The van der Waals surface area contributed by atoms with E-state index in [2.05, 4.69) is 5.32 Å². The average Bonchev–Trinajstić information content (AvgIpc) is 2.79. The molecule has 0 aliphatic rings. The number of ether oxygens (including phenoxy) is 4. The first-order chi connectivity index (χ1) is 14.7. The Balaban J connectivity index is 1.71. The zero-order chi connectivity index (χ0) is 21.3. The van der Waals surface area contributed by atoms with Crippen molar-refractivity contribution < 1.29 is 18.9 Å². The smallest absolute Gasteiger partial charge is 0.166 e. The topological polar surface area (TPSA) is 49.0 Å². The van der Waals surface area contributed by atoms with Gasteiger partial charge in [0.25, 0.3) is 0 Å². The molecule has 3 rings (SSSR count). The zero-order valence-corrected chi connectivity index (χ0v) is 18.2. The summed E-state index contributed by atoms with van der Waals surface area (Å²) in [6.45, 7) is 1.62. The minimum atomic E-state index is 0.468. The Hall–Kier alpha value is -2.89. The largest absolute Gasteiger partial charge is 0.493 e. The van der Waals surface area contributed by atoms with Crippen LogP contribution in [-0.2, 0) is 19.7 Å². The molecule has 0 atom stereocenters. The van der Waals surface area contributed by atoms with Crippen LogP contribution in [0.2, 0.25) is 5.02 Å². The fraction of sp³-hybridized carbons (Fsp3) is 0.250. The number of para-hydroxylation sites is 1. The third-order valence-corrected chi connectivity index (χ3v) is 5.04. The lowest BCUT2D eigenvalue weighted by molar-refractivity contribution is 0.280. The molecule has 0 saturated heterocycles. The summed E-state index contributed by atoms with van der Waals surface area (Å²) in [5.74, 6) is 2.69. The molecule has 0 saturated carbocycles. The normalized spacial score (nSPS) is 10.5. The van der Waals surface area contributed by atoms with Crippen LogP contribution in [0, 0.1) is 0 Å². The fourth-order valence-corrected chi connectivity index (χ4v) is 3.34. The second kappa shape index (κ2) is 10.8. The molecule has 30 heavy (non-hydrogen) atoms. The van der Waals surface area contributed by atoms with Gasteiger partial charge >= 0.3 is 0 Å². The van der Waals surface area contributed by atoms with Crippen molar-refractivity contribution in [1.29, 1.82) is 0 Å². The summed E-state index contributed by atoms with van der Waals surface area (Å²) in [5, 5.41) is 4.04. The highest BCUT2D eigenvalue weighted by atomic mass is 35.5. The molecule has 0 fully saturated rings. The average molecular weight is 428 g/mol. The lowest BCUT2D eigenvalue weighted by Crippen LogP contribution is -2.14. The van der Waals surface area contributed by atoms with Gasteiger partial charge in [0.05, 0.1) is 21.3 Å². The van der Waals surface area contributed by atoms with Crippen molar-refractivity contribution in [2.24, 2.45) is 0 Å². The van der Waals surface area contributed by atoms with Crippen molar-refractivity contribution in [3.05, 3.63) is 82.4 Å². The van der Waals surface area contributed by atoms with Crippen LogP contribution in [-0.4, -0.2) is 21.3 Å². The van der Waals surface area contributed by atoms with Crippen LogP contribution in [0.15, 0.2) is 60.7 Å². The molecule has 0 aliphatic carbocycles. The molecule has 5 nitrogen and oxygen atoms in total. The number of methoxy groups -OCH3 is 3. The van der Waals surface area contributed by atoms with Gasteiger partial charge in [0.2, 0.25) is 0 Å². The number of rotatable bonds is 10. The van der Waals surface area contributed by atoms with Gasteiger partial charge < -0.3 is 24.3 Å². The van der Waals surface area contributed by atoms with Gasteiger partial charge in [-0.3, -0.25) is 0 Å². The summed E-state index contributed by atoms with van der Waals surface area (Å²) < 4.78 is 22.3. The lowest BCUT2D eigenvalue weighted by Gasteiger charge is -2.16. The first-order valence-electron chi connectivity index (χ1n) is 9.60. The monoisotopic (exact) mass is 427 g/mol. The molecule has 0 aromatic heterocycles. The van der Waals surface area contributed by atoms with E-state index in [0.717, 1.165) is 22.4 Å². The highest BCUT2D eigenvalue weighted by molar-refractivity contribution is 6.31. The van der Waals surface area contributed by atoms with E-state index in [1.54, 1.807) is 27.4 Å². The van der Waals surface area contributed by atoms with Gasteiger partial charge in [-0.25, -0.2) is 0 Å². The molecule has 6 heteroatoms. The summed E-state index contributed by atoms with van der Waals surface area (Å²) in [4.78, 5) is 0. The predicted octanol–water partition coefficient (Wildman–Crippen LogP) is 5.23. The maximum Gasteiger partial charge on any atom is 0.166 e. The second-order valence-electron chi connectivity index (χ2n) is 6.62. The highest BCUT2D eigenvalue weighted by Gasteiger charge is 2.13. The Kier molecular flexibility index (Phi) is 7.82. The molecule has 3 aromatic carbocycles. The van der Waals surface area contributed by atoms with Crippen LogP contribution in [0.4, 0.5) is 0 Å². The Bertz CT molecular complexity index is 963. The molecule has 158 valence electrons. The van der Waals surface area contributed by atoms with Crippen LogP contribution in [0.3, 0.4) is 0 Å². The molecule has 0 bridgehead atoms. The van der Waals surface area contributed by atoms with E-state index in [9.17, 15) is 0 Å². The van der Waals surface area contributed by atoms with E-state index in [0.29, 0.717) is 42.0 Å². The van der Waals surface area contributed by atoms with Gasteiger partial charge in [-0.15, -0.1) is 0 Å². The fourth-order valence-electron chi connectivity index (χ4n) is 3.12. The minimum absolute atomic E-state index is 0.468. The number of halogens is 1. The van der Waals surface area contributed by atoms with Gasteiger partial charge in [0.15, 0.2) is 23.0 Å². The van der Waals surface area contributed by atoms with E-state index < -0.39 is 0 Å². The second-order valence-corrected chi connectivity index (χ2v) is 7.03. The molecule has 0 heterocycles. The van der Waals surface area contributed by atoms with Crippen LogP contribution < -0.4 is 24.3 Å². The predicted molar refractivity (Wildman–Crippen MR) is 119 cm³/mol. The van der Waals surface area contributed by atoms with Crippen LogP contribution in [0.5, 0.6) is 23.0 Å². The molecule has 0 aliphatic heterocycles. The molecule has 0 spiro atoms. The summed E-state index contributed by atoms with van der Waals surface area (Å²) in [6, 6.07) is 19.6. The maximum absolute atomic E-state index is 6.40. The van der Waals surface area contributed by atoms with E-state index >= 15 is 0 Å². The van der Waals surface area contributed by atoms with Crippen molar-refractivity contribution in [2.45, 2.75) is 19.7 Å². The van der Waals surface area contributed by atoms with Crippen LogP contribution >= 0.6 is 11.6 Å². The lowest BCUT2D eigenvalue weighted by atomic mass is 10.1. The quantitative estimate of drug-likeness (QED) is 0.479. The van der Waals surface area contributed by atoms with E-state index in [-0.39, 0.29) is 0 Å². The minimum Gasteiger partial charge on any atom is -0.493 e. The van der Waals surface area contributed by atoms with Crippen molar-refractivity contribution >= 4 is 11.6 Å². The number of hydrogen-bond acceptors (Lipinski definition) is 5. The van der Waals surface area contributed by atoms with Crippen molar-refractivity contribution in [1.82, 2.24) is 5.32 Å². The van der Waals surface area contributed by atoms with E-state index in [1.165, 1.54) is 0 Å². The third-order valence-electron chi connectivity index (χ3n) is 4.69. The molecule has 0 unspecified atom stereocenters. The van der Waals surface area contributed by atoms with Gasteiger partial charge in [0, 0.05) is 29.7 Å². The van der Waals surface area contributed by atoms with Gasteiger partial charge in [0.1, 0.15) is 6.61 Å². The maximum atomic E-state index is 6.40. The molecule has 0 amide bonds. The molecule has 0 radical (unpaired) electrons. The van der Waals surface area contributed by atoms with Crippen molar-refractivity contribution in [3.63, 3.8) is 0 Å². The molecular formula is C24H26ClNO4. The molecular weight excluding hydrogens is 402 g/mol. The Morgan fingerprint density at radius 2 is 1.40 bits per heavy atom. The van der Waals surface area contributed by atoms with Crippen LogP contribution in [0.25, 0.3) is 0 Å². The number of hydrogen-bond donors (Lipinski definition) is 1.